The predicted molar refractivity (Wildman–Crippen MR) is 117 cm³/mol. The van der Waals surface area contributed by atoms with E-state index in [1.54, 1.807) is 0 Å². The van der Waals surface area contributed by atoms with Gasteiger partial charge in [-0.05, 0) is 47.4 Å². The van der Waals surface area contributed by atoms with E-state index in [1.807, 2.05) is 42.5 Å². The molecule has 0 saturated carbocycles. The molecule has 0 bridgehead atoms. The quantitative estimate of drug-likeness (QED) is 0.312. The predicted octanol–water partition coefficient (Wildman–Crippen LogP) is 6.55. The van der Waals surface area contributed by atoms with E-state index in [2.05, 4.69) is 0 Å². The second-order valence-electron chi connectivity index (χ2n) is 7.77. The van der Waals surface area contributed by atoms with Gasteiger partial charge in [-0.15, -0.1) is 0 Å². The molecule has 4 nitrogen and oxygen atoms in total. The van der Waals surface area contributed by atoms with Crippen molar-refractivity contribution in [1.82, 2.24) is 4.90 Å². The van der Waals surface area contributed by atoms with Gasteiger partial charge in [0.05, 0.1) is 11.1 Å². The van der Waals surface area contributed by atoms with Crippen molar-refractivity contribution >= 4 is 22.6 Å². The van der Waals surface area contributed by atoms with Gasteiger partial charge in [0.25, 0.3) is 5.91 Å². The Labute approximate surface area is 196 Å². The Morgan fingerprint density at radius 3 is 1.97 bits per heavy atom. The summed E-state index contributed by atoms with van der Waals surface area (Å²) >= 11 is 0. The zero-order chi connectivity index (χ0) is 26.0. The lowest BCUT2D eigenvalue weighted by molar-refractivity contribution is -0.143. The molecule has 10 heteroatoms. The van der Waals surface area contributed by atoms with Gasteiger partial charge < -0.3 is 10.0 Å². The first-order chi connectivity index (χ1) is 16.3. The topological polar surface area (TPSA) is 57.6 Å². The zero-order valence-corrected chi connectivity index (χ0v) is 18.2. The fraction of sp³-hybridized carbons (Fsp3) is 0.200. The molecule has 3 aromatic rings. The number of benzene rings is 3. The molecule has 0 aliphatic heterocycles. The smallest absolute Gasteiger partial charge is 0.416 e. The van der Waals surface area contributed by atoms with Gasteiger partial charge in [0.2, 0.25) is 0 Å². The summed E-state index contributed by atoms with van der Waals surface area (Å²) in [4.78, 5) is 25.0. The number of nitrogens with zero attached hydrogens (tertiary/aromatic N) is 1. The molecule has 0 aliphatic carbocycles. The molecule has 0 aromatic heterocycles. The Kier molecular flexibility index (Phi) is 7.23. The highest BCUT2D eigenvalue weighted by atomic mass is 19.4. The molecule has 0 saturated heterocycles. The second-order valence-corrected chi connectivity index (χ2v) is 7.77. The summed E-state index contributed by atoms with van der Waals surface area (Å²) in [5, 5.41) is 11.5. The third-order valence-corrected chi connectivity index (χ3v) is 5.30. The van der Waals surface area contributed by atoms with Gasteiger partial charge in [-0.1, -0.05) is 48.5 Å². The van der Waals surface area contributed by atoms with Gasteiger partial charge in [0, 0.05) is 12.6 Å². The molecule has 0 atom stereocenters. The maximum Gasteiger partial charge on any atom is 0.416 e. The highest BCUT2D eigenvalue weighted by Gasteiger charge is 2.38. The monoisotopic (exact) mass is 495 g/mol. The van der Waals surface area contributed by atoms with E-state index in [0.29, 0.717) is 11.3 Å². The van der Waals surface area contributed by atoms with Crippen molar-refractivity contribution in [2.45, 2.75) is 25.2 Å². The number of carboxylic acids is 1. The Balaban J connectivity index is 1.86. The minimum Gasteiger partial charge on any atom is -0.477 e. The number of likely N-dealkylation sites (N-methyl/N-ethyl adjacent to an activating group) is 1. The third kappa shape index (κ3) is 6.20. The first kappa shape index (κ1) is 25.8. The molecule has 184 valence electrons. The fourth-order valence-electron chi connectivity index (χ4n) is 3.52. The minimum absolute atomic E-state index is 0.103. The van der Waals surface area contributed by atoms with E-state index in [9.17, 15) is 41.0 Å². The van der Waals surface area contributed by atoms with Gasteiger partial charge in [-0.2, -0.15) is 26.3 Å². The van der Waals surface area contributed by atoms with Crippen molar-refractivity contribution in [2.24, 2.45) is 0 Å². The van der Waals surface area contributed by atoms with E-state index >= 15 is 0 Å². The highest BCUT2D eigenvalue weighted by molar-refractivity contribution is 6.00. The van der Waals surface area contributed by atoms with Crippen LogP contribution in [0, 0.1) is 0 Å². The van der Waals surface area contributed by atoms with Crippen molar-refractivity contribution in [3.8, 4) is 0 Å². The average Bonchev–Trinajstić information content (AvgIpc) is 2.79. The Morgan fingerprint density at radius 1 is 0.857 bits per heavy atom. The van der Waals surface area contributed by atoms with Crippen LogP contribution in [0.25, 0.3) is 10.8 Å². The van der Waals surface area contributed by atoms with Crippen LogP contribution in [0.5, 0.6) is 0 Å². The summed E-state index contributed by atoms with van der Waals surface area (Å²) in [6.45, 7) is 0. The first-order valence-electron chi connectivity index (χ1n) is 10.3. The number of rotatable bonds is 6. The minimum atomic E-state index is -5.14. The van der Waals surface area contributed by atoms with Gasteiger partial charge in [0.1, 0.15) is 5.70 Å². The maximum absolute atomic E-state index is 13.1. The van der Waals surface area contributed by atoms with Crippen LogP contribution in [-0.2, 0) is 23.6 Å². The fourth-order valence-corrected chi connectivity index (χ4v) is 3.52. The molecule has 0 fully saturated rings. The lowest BCUT2D eigenvalue weighted by Gasteiger charge is -2.20. The molecule has 0 aliphatic rings. The maximum atomic E-state index is 13.1. The van der Waals surface area contributed by atoms with Crippen molar-refractivity contribution in [3.05, 3.63) is 94.7 Å². The number of halogens is 6. The van der Waals surface area contributed by atoms with E-state index in [1.165, 1.54) is 6.08 Å². The molecule has 0 heterocycles. The van der Waals surface area contributed by atoms with Gasteiger partial charge >= 0.3 is 18.3 Å². The molecular weight excluding hydrogens is 476 g/mol. The Bertz CT molecular complexity index is 1260. The van der Waals surface area contributed by atoms with Crippen LogP contribution in [0.3, 0.4) is 0 Å². The van der Waals surface area contributed by atoms with Crippen molar-refractivity contribution in [1.29, 1.82) is 0 Å². The zero-order valence-electron chi connectivity index (χ0n) is 18.2. The first-order valence-corrected chi connectivity index (χ1v) is 10.3. The normalized spacial score (nSPS) is 12.6. The number of carbonyl (C=O) groups excluding carboxylic acids is 1. The summed E-state index contributed by atoms with van der Waals surface area (Å²) < 4.78 is 78.7. The third-order valence-electron chi connectivity index (χ3n) is 5.30. The molecule has 3 rings (SSSR count). The van der Waals surface area contributed by atoms with Crippen molar-refractivity contribution in [2.75, 3.05) is 7.05 Å². The van der Waals surface area contributed by atoms with Gasteiger partial charge in [-0.3, -0.25) is 4.79 Å². The number of alkyl halides is 6. The molecule has 1 N–H and O–H groups in total. The SMILES string of the molecule is CN(C(=O)c1cc(C(F)(F)F)cc(C(F)(F)F)c1)/C(=C/CCc1ccc2ccccc2c1)C(=O)O. The molecular formula is C25H19F6NO3. The lowest BCUT2D eigenvalue weighted by Crippen LogP contribution is -2.30. The number of carbonyl (C=O) groups is 2. The summed E-state index contributed by atoms with van der Waals surface area (Å²) in [7, 11) is 0.978. The molecule has 0 radical (unpaired) electrons. The van der Waals surface area contributed by atoms with E-state index in [0.717, 1.165) is 23.4 Å². The second kappa shape index (κ2) is 9.81. The van der Waals surface area contributed by atoms with Crippen molar-refractivity contribution < 1.29 is 41.0 Å². The molecule has 1 amide bonds. The largest absolute Gasteiger partial charge is 0.477 e. The number of fused-ring (bicyclic) bond motifs is 1. The Morgan fingerprint density at radius 2 is 1.43 bits per heavy atom. The van der Waals surface area contributed by atoms with Crippen LogP contribution in [0.1, 0.15) is 33.5 Å². The molecule has 0 unspecified atom stereocenters. The van der Waals surface area contributed by atoms with Crippen LogP contribution < -0.4 is 0 Å². The number of aryl methyl sites for hydroxylation is 1. The van der Waals surface area contributed by atoms with E-state index in [4.69, 9.17) is 0 Å². The van der Waals surface area contributed by atoms with Crippen molar-refractivity contribution in [3.63, 3.8) is 0 Å². The van der Waals surface area contributed by atoms with Crippen LogP contribution in [0.2, 0.25) is 0 Å². The van der Waals surface area contributed by atoms with Gasteiger partial charge in [-0.25, -0.2) is 4.79 Å². The summed E-state index contributed by atoms with van der Waals surface area (Å²) in [6.07, 6.45) is -8.52. The number of aliphatic carboxylic acids is 1. The number of hydrogen-bond donors (Lipinski definition) is 1. The molecule has 3 aromatic carbocycles. The number of hydrogen-bond acceptors (Lipinski definition) is 2. The Hall–Kier alpha value is -3.82. The van der Waals surface area contributed by atoms with E-state index in [-0.39, 0.29) is 24.6 Å². The number of allylic oxidation sites excluding steroid dienone is 1. The van der Waals surface area contributed by atoms with Crippen LogP contribution in [-0.4, -0.2) is 28.9 Å². The van der Waals surface area contributed by atoms with E-state index < -0.39 is 46.6 Å². The molecule has 35 heavy (non-hydrogen) atoms. The summed E-state index contributed by atoms with van der Waals surface area (Å²) in [6, 6.07) is 13.7. The van der Waals surface area contributed by atoms with Crippen LogP contribution in [0.4, 0.5) is 26.3 Å². The summed E-state index contributed by atoms with van der Waals surface area (Å²) in [5.74, 6) is -2.87. The van der Waals surface area contributed by atoms with Gasteiger partial charge in [0.15, 0.2) is 0 Å². The van der Waals surface area contributed by atoms with Crippen LogP contribution >= 0.6 is 0 Å². The van der Waals surface area contributed by atoms with Crippen LogP contribution in [0.15, 0.2) is 72.4 Å². The highest BCUT2D eigenvalue weighted by Crippen LogP contribution is 2.36. The average molecular weight is 495 g/mol. The number of amides is 1. The standard InChI is InChI=1S/C25H19F6NO3/c1-32(22(33)18-12-19(24(26,27)28)14-20(13-18)25(29,30)31)21(23(34)35)8-4-5-15-9-10-16-6-2-3-7-17(16)11-15/h2-3,6-14H,4-5H2,1H3,(H,34,35)/b21-8+. The summed E-state index contributed by atoms with van der Waals surface area (Å²) in [5.41, 5.74) is -3.95. The number of carboxylic acid groups (broad SMARTS) is 1. The lowest BCUT2D eigenvalue weighted by atomic mass is 10.0. The molecule has 0 spiro atoms.